The molecule has 0 aromatic heterocycles. The van der Waals surface area contributed by atoms with Crippen molar-refractivity contribution in [3.05, 3.63) is 35.1 Å². The Bertz CT molecular complexity index is 464. The number of carbonyl (C=O) groups is 2. The molecule has 0 fully saturated rings. The SMILES string of the molecule is CC(=O)NCCC(O)C(O)c1cc(F)cc(C=O)c1. The van der Waals surface area contributed by atoms with E-state index in [2.05, 4.69) is 5.32 Å². The molecule has 19 heavy (non-hydrogen) atoms. The van der Waals surface area contributed by atoms with Crippen molar-refractivity contribution in [2.45, 2.75) is 25.6 Å². The highest BCUT2D eigenvalue weighted by molar-refractivity contribution is 5.75. The van der Waals surface area contributed by atoms with E-state index in [1.807, 2.05) is 0 Å². The van der Waals surface area contributed by atoms with Gasteiger partial charge in [0.15, 0.2) is 0 Å². The minimum atomic E-state index is -1.32. The highest BCUT2D eigenvalue weighted by Gasteiger charge is 2.19. The number of rotatable bonds is 6. The Kier molecular flexibility index (Phi) is 5.59. The number of halogens is 1. The molecular formula is C13H16FNO4. The molecular weight excluding hydrogens is 253 g/mol. The third-order valence-electron chi connectivity index (χ3n) is 2.60. The predicted octanol–water partition coefficient (Wildman–Crippen LogP) is 0.559. The largest absolute Gasteiger partial charge is 0.390 e. The molecule has 2 unspecified atom stereocenters. The number of hydrogen-bond donors (Lipinski definition) is 3. The van der Waals surface area contributed by atoms with Gasteiger partial charge in [0.1, 0.15) is 18.2 Å². The van der Waals surface area contributed by atoms with Crippen LogP contribution in [0.5, 0.6) is 0 Å². The number of aldehydes is 1. The number of hydrogen-bond acceptors (Lipinski definition) is 4. The first-order valence-corrected chi connectivity index (χ1v) is 5.80. The summed E-state index contributed by atoms with van der Waals surface area (Å²) < 4.78 is 13.2. The van der Waals surface area contributed by atoms with Crippen LogP contribution in [0.4, 0.5) is 4.39 Å². The van der Waals surface area contributed by atoms with Gasteiger partial charge in [0.05, 0.1) is 6.10 Å². The third-order valence-corrected chi connectivity index (χ3v) is 2.60. The van der Waals surface area contributed by atoms with Gasteiger partial charge in [-0.05, 0) is 30.2 Å². The molecule has 0 aliphatic rings. The summed E-state index contributed by atoms with van der Waals surface area (Å²) in [5, 5.41) is 22.1. The van der Waals surface area contributed by atoms with Gasteiger partial charge in [-0.3, -0.25) is 9.59 Å². The Hall–Kier alpha value is -1.79. The van der Waals surface area contributed by atoms with E-state index >= 15 is 0 Å². The number of aliphatic hydroxyl groups excluding tert-OH is 2. The zero-order chi connectivity index (χ0) is 14.4. The van der Waals surface area contributed by atoms with Crippen LogP contribution < -0.4 is 5.32 Å². The minimum absolute atomic E-state index is 0.0862. The van der Waals surface area contributed by atoms with Gasteiger partial charge in [-0.25, -0.2) is 4.39 Å². The van der Waals surface area contributed by atoms with Crippen LogP contribution in [0.15, 0.2) is 18.2 Å². The molecule has 104 valence electrons. The van der Waals surface area contributed by atoms with E-state index in [1.54, 1.807) is 0 Å². The van der Waals surface area contributed by atoms with Gasteiger partial charge >= 0.3 is 0 Å². The maximum absolute atomic E-state index is 13.2. The monoisotopic (exact) mass is 269 g/mol. The van der Waals surface area contributed by atoms with Crippen molar-refractivity contribution in [1.29, 1.82) is 0 Å². The highest BCUT2D eigenvalue weighted by Crippen LogP contribution is 2.20. The topological polar surface area (TPSA) is 86.6 Å². The second kappa shape index (κ2) is 6.96. The van der Waals surface area contributed by atoms with Gasteiger partial charge < -0.3 is 15.5 Å². The summed E-state index contributed by atoms with van der Waals surface area (Å²) in [5.74, 6) is -0.900. The lowest BCUT2D eigenvalue weighted by Crippen LogP contribution is -2.27. The van der Waals surface area contributed by atoms with Gasteiger partial charge in [-0.15, -0.1) is 0 Å². The third kappa shape index (κ3) is 4.76. The van der Waals surface area contributed by atoms with E-state index < -0.39 is 18.0 Å². The van der Waals surface area contributed by atoms with E-state index in [9.17, 15) is 24.2 Å². The summed E-state index contributed by atoms with van der Waals surface area (Å²) in [6.07, 6.45) is -1.90. The highest BCUT2D eigenvalue weighted by atomic mass is 19.1. The molecule has 0 saturated carbocycles. The van der Waals surface area contributed by atoms with Crippen LogP contribution in [0.25, 0.3) is 0 Å². The summed E-state index contributed by atoms with van der Waals surface area (Å²) in [6.45, 7) is 1.54. The molecule has 0 radical (unpaired) electrons. The van der Waals surface area contributed by atoms with E-state index in [-0.39, 0.29) is 30.0 Å². The van der Waals surface area contributed by atoms with Gasteiger partial charge in [0.25, 0.3) is 0 Å². The first-order valence-electron chi connectivity index (χ1n) is 5.80. The van der Waals surface area contributed by atoms with Gasteiger partial charge in [0.2, 0.25) is 5.91 Å². The van der Waals surface area contributed by atoms with Crippen LogP contribution in [-0.2, 0) is 4.79 Å². The average molecular weight is 269 g/mol. The molecule has 5 nitrogen and oxygen atoms in total. The Labute approximate surface area is 110 Å². The molecule has 1 rings (SSSR count). The van der Waals surface area contributed by atoms with Crippen molar-refractivity contribution in [3.63, 3.8) is 0 Å². The number of carbonyl (C=O) groups excluding carboxylic acids is 2. The first-order chi connectivity index (χ1) is 8.93. The fourth-order valence-electron chi connectivity index (χ4n) is 1.65. The maximum Gasteiger partial charge on any atom is 0.216 e. The number of aliphatic hydroxyl groups is 2. The van der Waals surface area contributed by atoms with E-state index in [4.69, 9.17) is 0 Å². The van der Waals surface area contributed by atoms with Gasteiger partial charge in [-0.2, -0.15) is 0 Å². The molecule has 0 aliphatic heterocycles. The molecule has 1 aromatic carbocycles. The molecule has 0 saturated heterocycles. The van der Waals surface area contributed by atoms with E-state index in [0.717, 1.165) is 12.1 Å². The van der Waals surface area contributed by atoms with Gasteiger partial charge in [0, 0.05) is 19.0 Å². The van der Waals surface area contributed by atoms with Crippen LogP contribution in [0, 0.1) is 5.82 Å². The van der Waals surface area contributed by atoms with Crippen LogP contribution >= 0.6 is 0 Å². The fourth-order valence-corrected chi connectivity index (χ4v) is 1.65. The second-order valence-electron chi connectivity index (χ2n) is 4.22. The zero-order valence-corrected chi connectivity index (χ0v) is 10.5. The first kappa shape index (κ1) is 15.3. The predicted molar refractivity (Wildman–Crippen MR) is 66.1 cm³/mol. The normalized spacial score (nSPS) is 13.7. The van der Waals surface area contributed by atoms with Crippen molar-refractivity contribution in [2.75, 3.05) is 6.54 Å². The standard InChI is InChI=1S/C13H16FNO4/c1-8(17)15-3-2-12(18)13(19)10-4-9(7-16)5-11(14)6-10/h4-7,12-13,18-19H,2-3H2,1H3,(H,15,17). The van der Waals surface area contributed by atoms with E-state index in [0.29, 0.717) is 6.29 Å². The summed E-state index contributed by atoms with van der Waals surface area (Å²) >= 11 is 0. The molecule has 0 aliphatic carbocycles. The molecule has 0 bridgehead atoms. The lowest BCUT2D eigenvalue weighted by molar-refractivity contribution is -0.119. The number of nitrogens with one attached hydrogen (secondary N) is 1. The summed E-state index contributed by atoms with van der Waals surface area (Å²) in [7, 11) is 0. The maximum atomic E-state index is 13.2. The molecule has 3 N–H and O–H groups in total. The average Bonchev–Trinajstić information content (AvgIpc) is 2.36. The van der Waals surface area contributed by atoms with Crippen molar-refractivity contribution in [2.24, 2.45) is 0 Å². The van der Waals surface area contributed by atoms with Crippen molar-refractivity contribution in [1.82, 2.24) is 5.32 Å². The molecule has 2 atom stereocenters. The van der Waals surface area contributed by atoms with Crippen LogP contribution in [0.3, 0.4) is 0 Å². The lowest BCUT2D eigenvalue weighted by atomic mass is 10.00. The smallest absolute Gasteiger partial charge is 0.216 e. The number of amides is 1. The molecule has 0 heterocycles. The fraction of sp³-hybridized carbons (Fsp3) is 0.385. The molecule has 6 heteroatoms. The van der Waals surface area contributed by atoms with Crippen molar-refractivity contribution < 1.29 is 24.2 Å². The minimum Gasteiger partial charge on any atom is -0.390 e. The van der Waals surface area contributed by atoms with Crippen molar-refractivity contribution in [3.8, 4) is 0 Å². The number of benzene rings is 1. The zero-order valence-electron chi connectivity index (χ0n) is 10.5. The van der Waals surface area contributed by atoms with Gasteiger partial charge in [-0.1, -0.05) is 0 Å². The Morgan fingerprint density at radius 1 is 1.42 bits per heavy atom. The second-order valence-corrected chi connectivity index (χ2v) is 4.22. The Morgan fingerprint density at radius 2 is 2.11 bits per heavy atom. The Morgan fingerprint density at radius 3 is 2.68 bits per heavy atom. The molecule has 1 amide bonds. The summed E-state index contributed by atoms with van der Waals surface area (Å²) in [4.78, 5) is 21.2. The van der Waals surface area contributed by atoms with E-state index in [1.165, 1.54) is 13.0 Å². The quantitative estimate of drug-likeness (QED) is 0.658. The van der Waals surface area contributed by atoms with Crippen LogP contribution in [0.2, 0.25) is 0 Å². The van der Waals surface area contributed by atoms with Crippen LogP contribution in [-0.4, -0.2) is 35.1 Å². The van der Waals surface area contributed by atoms with Crippen LogP contribution in [0.1, 0.15) is 35.4 Å². The summed E-state index contributed by atoms with van der Waals surface area (Å²) in [5.41, 5.74) is 0.209. The molecule has 0 spiro atoms. The summed E-state index contributed by atoms with van der Waals surface area (Å²) in [6, 6.07) is 3.40. The van der Waals surface area contributed by atoms with Crippen molar-refractivity contribution >= 4 is 12.2 Å². The Balaban J connectivity index is 2.70. The lowest BCUT2D eigenvalue weighted by Gasteiger charge is -2.18. The molecule has 1 aromatic rings.